The van der Waals surface area contributed by atoms with Crippen LogP contribution in [-0.4, -0.2) is 18.8 Å². The first-order valence-electron chi connectivity index (χ1n) is 7.29. The smallest absolute Gasteiger partial charge is 0.309 e. The van der Waals surface area contributed by atoms with Crippen molar-refractivity contribution >= 4 is 17.7 Å². The largest absolute Gasteiger partial charge is 0.466 e. The van der Waals surface area contributed by atoms with Gasteiger partial charge in [0.15, 0.2) is 0 Å². The third-order valence-electron chi connectivity index (χ3n) is 2.91. The van der Waals surface area contributed by atoms with Crippen molar-refractivity contribution in [2.24, 2.45) is 5.92 Å². The number of hydrogen-bond acceptors (Lipinski definition) is 4. The monoisotopic (exact) mass is 307 g/mol. The lowest BCUT2D eigenvalue weighted by molar-refractivity contribution is -0.148. The van der Waals surface area contributed by atoms with E-state index >= 15 is 0 Å². The van der Waals surface area contributed by atoms with Crippen LogP contribution in [0.2, 0.25) is 0 Å². The Morgan fingerprint density at radius 2 is 1.86 bits per heavy atom. The zero-order valence-corrected chi connectivity index (χ0v) is 14.2. The molecule has 21 heavy (non-hydrogen) atoms. The summed E-state index contributed by atoms with van der Waals surface area (Å²) in [5.41, 5.74) is 1.20. The van der Waals surface area contributed by atoms with Crippen molar-refractivity contribution in [3.8, 4) is 6.07 Å². The molecule has 0 aliphatic carbocycles. The minimum atomic E-state index is -0.0797. The molecular formula is C17H25NO2S. The van der Waals surface area contributed by atoms with Crippen molar-refractivity contribution in [1.29, 1.82) is 5.26 Å². The average molecular weight is 307 g/mol. The van der Waals surface area contributed by atoms with Gasteiger partial charge in [0.1, 0.15) is 0 Å². The zero-order valence-electron chi connectivity index (χ0n) is 13.4. The lowest BCUT2D eigenvalue weighted by atomic mass is 9.97. The summed E-state index contributed by atoms with van der Waals surface area (Å²) in [6, 6.07) is 10.3. The number of carbonyl (C=O) groups is 1. The third kappa shape index (κ3) is 8.41. The van der Waals surface area contributed by atoms with Crippen LogP contribution >= 0.6 is 11.8 Å². The average Bonchev–Trinajstić information content (AvgIpc) is 2.53. The Morgan fingerprint density at radius 3 is 2.24 bits per heavy atom. The molecule has 0 radical (unpaired) electrons. The van der Waals surface area contributed by atoms with E-state index in [1.165, 1.54) is 10.5 Å². The number of nitrogens with zero attached hydrogens (tertiary/aromatic N) is 1. The number of ether oxygens (including phenoxy) is 1. The standard InChI is InChI=1S/C14H20O2S.C3H5N/c1-4-12(14(15)16-5-2)10-11-6-8-13(17-3)9-7-11;1-2-3-4/h6-9,12H,4-5,10H2,1-3H3;2H2,1H3. The fourth-order valence-electron chi connectivity index (χ4n) is 1.70. The van der Waals surface area contributed by atoms with Gasteiger partial charge in [-0.1, -0.05) is 26.0 Å². The Hall–Kier alpha value is -1.47. The fourth-order valence-corrected chi connectivity index (χ4v) is 2.11. The molecular weight excluding hydrogens is 282 g/mol. The van der Waals surface area contributed by atoms with Gasteiger partial charge in [0.25, 0.3) is 0 Å². The van der Waals surface area contributed by atoms with Crippen molar-refractivity contribution in [3.05, 3.63) is 29.8 Å². The van der Waals surface area contributed by atoms with Gasteiger partial charge >= 0.3 is 5.97 Å². The number of carbonyl (C=O) groups excluding carboxylic acids is 1. The van der Waals surface area contributed by atoms with Crippen molar-refractivity contribution in [2.45, 2.75) is 44.9 Å². The van der Waals surface area contributed by atoms with Gasteiger partial charge < -0.3 is 4.74 Å². The predicted octanol–water partition coefficient (Wildman–Crippen LogP) is 4.46. The summed E-state index contributed by atoms with van der Waals surface area (Å²) in [6.45, 7) is 6.15. The molecule has 4 heteroatoms. The molecule has 0 amide bonds. The fraction of sp³-hybridized carbons (Fsp3) is 0.529. The van der Waals surface area contributed by atoms with Crippen LogP contribution in [0, 0.1) is 17.2 Å². The summed E-state index contributed by atoms with van der Waals surface area (Å²) in [7, 11) is 0. The number of benzene rings is 1. The van der Waals surface area contributed by atoms with E-state index in [0.29, 0.717) is 13.0 Å². The molecule has 0 saturated heterocycles. The van der Waals surface area contributed by atoms with Crippen LogP contribution in [0.25, 0.3) is 0 Å². The molecule has 3 nitrogen and oxygen atoms in total. The highest BCUT2D eigenvalue weighted by Gasteiger charge is 2.17. The maximum Gasteiger partial charge on any atom is 0.309 e. The Balaban J connectivity index is 0.000000885. The van der Waals surface area contributed by atoms with Crippen LogP contribution in [0.1, 0.15) is 39.2 Å². The Bertz CT molecular complexity index is 437. The van der Waals surface area contributed by atoms with E-state index in [1.54, 1.807) is 11.8 Å². The van der Waals surface area contributed by atoms with E-state index in [9.17, 15) is 4.79 Å². The minimum Gasteiger partial charge on any atom is -0.466 e. The van der Waals surface area contributed by atoms with Crippen molar-refractivity contribution in [2.75, 3.05) is 12.9 Å². The van der Waals surface area contributed by atoms with Crippen molar-refractivity contribution in [1.82, 2.24) is 0 Å². The van der Waals surface area contributed by atoms with Gasteiger partial charge in [-0.2, -0.15) is 5.26 Å². The summed E-state index contributed by atoms with van der Waals surface area (Å²) >= 11 is 1.72. The van der Waals surface area contributed by atoms with E-state index in [0.717, 1.165) is 12.8 Å². The van der Waals surface area contributed by atoms with Gasteiger partial charge in [-0.05, 0) is 43.7 Å². The molecule has 116 valence electrons. The highest BCUT2D eigenvalue weighted by Crippen LogP contribution is 2.18. The number of thioether (sulfide) groups is 1. The van der Waals surface area contributed by atoms with Gasteiger partial charge in [-0.25, -0.2) is 0 Å². The lowest BCUT2D eigenvalue weighted by Gasteiger charge is -2.13. The molecule has 0 aliphatic heterocycles. The first-order chi connectivity index (χ1) is 10.1. The zero-order chi connectivity index (χ0) is 16.1. The van der Waals surface area contributed by atoms with Gasteiger partial charge in [0.2, 0.25) is 0 Å². The second-order valence-corrected chi connectivity index (χ2v) is 5.30. The lowest BCUT2D eigenvalue weighted by Crippen LogP contribution is -2.19. The van der Waals surface area contributed by atoms with E-state index in [4.69, 9.17) is 10.00 Å². The molecule has 0 bridgehead atoms. The van der Waals surface area contributed by atoms with E-state index in [2.05, 4.69) is 30.5 Å². The molecule has 1 atom stereocenters. The SMILES string of the molecule is CCC#N.CCOC(=O)C(CC)Cc1ccc(SC)cc1. The summed E-state index contributed by atoms with van der Waals surface area (Å²) in [4.78, 5) is 12.9. The van der Waals surface area contributed by atoms with Crippen LogP contribution in [0.5, 0.6) is 0 Å². The Kier molecular flexibility index (Phi) is 11.4. The highest BCUT2D eigenvalue weighted by atomic mass is 32.2. The number of nitriles is 1. The normalized spacial score (nSPS) is 10.8. The molecule has 0 N–H and O–H groups in total. The quantitative estimate of drug-likeness (QED) is 0.575. The molecule has 1 aromatic carbocycles. The van der Waals surface area contributed by atoms with E-state index in [-0.39, 0.29) is 11.9 Å². The van der Waals surface area contributed by atoms with Crippen LogP contribution in [0.3, 0.4) is 0 Å². The molecule has 1 aromatic rings. The van der Waals surface area contributed by atoms with Gasteiger partial charge in [-0.3, -0.25) is 4.79 Å². The van der Waals surface area contributed by atoms with Crippen LogP contribution in [-0.2, 0) is 16.0 Å². The molecule has 0 spiro atoms. The molecule has 0 fully saturated rings. The number of hydrogen-bond donors (Lipinski definition) is 0. The van der Waals surface area contributed by atoms with Crippen LogP contribution in [0.15, 0.2) is 29.2 Å². The van der Waals surface area contributed by atoms with Crippen molar-refractivity contribution < 1.29 is 9.53 Å². The summed E-state index contributed by atoms with van der Waals surface area (Å²) in [6.07, 6.45) is 4.27. The molecule has 0 heterocycles. The van der Waals surface area contributed by atoms with Crippen molar-refractivity contribution in [3.63, 3.8) is 0 Å². The van der Waals surface area contributed by atoms with Gasteiger partial charge in [0, 0.05) is 11.3 Å². The van der Waals surface area contributed by atoms with E-state index in [1.807, 2.05) is 26.8 Å². The molecule has 1 unspecified atom stereocenters. The number of rotatable bonds is 6. The molecule has 0 aliphatic rings. The summed E-state index contributed by atoms with van der Waals surface area (Å²) in [5.74, 6) is -0.0981. The van der Waals surface area contributed by atoms with Gasteiger partial charge in [-0.15, -0.1) is 11.8 Å². The van der Waals surface area contributed by atoms with Gasteiger partial charge in [0.05, 0.1) is 18.6 Å². The molecule has 0 saturated carbocycles. The topological polar surface area (TPSA) is 50.1 Å². The Morgan fingerprint density at radius 1 is 1.29 bits per heavy atom. The first kappa shape index (κ1) is 19.5. The van der Waals surface area contributed by atoms with Crippen LogP contribution < -0.4 is 0 Å². The predicted molar refractivity (Wildman–Crippen MR) is 88.2 cm³/mol. The highest BCUT2D eigenvalue weighted by molar-refractivity contribution is 7.98. The maximum atomic E-state index is 11.7. The second-order valence-electron chi connectivity index (χ2n) is 4.42. The maximum absolute atomic E-state index is 11.7. The first-order valence-corrected chi connectivity index (χ1v) is 8.51. The van der Waals surface area contributed by atoms with Crippen LogP contribution in [0.4, 0.5) is 0 Å². The third-order valence-corrected chi connectivity index (χ3v) is 3.66. The summed E-state index contributed by atoms with van der Waals surface area (Å²) in [5, 5.41) is 7.62. The molecule has 1 rings (SSSR count). The number of esters is 1. The second kappa shape index (κ2) is 12.3. The minimum absolute atomic E-state index is 0.0184. The molecule has 0 aromatic heterocycles. The van der Waals surface area contributed by atoms with E-state index < -0.39 is 0 Å². The Labute approximate surface area is 132 Å². The summed E-state index contributed by atoms with van der Waals surface area (Å²) < 4.78 is 5.07.